The molecule has 1 aromatic rings. The van der Waals surface area contributed by atoms with Gasteiger partial charge in [0.1, 0.15) is 5.69 Å². The number of nitrogens with zero attached hydrogens (tertiary/aromatic N) is 1. The van der Waals surface area contributed by atoms with Crippen molar-refractivity contribution in [2.75, 3.05) is 19.1 Å². The second kappa shape index (κ2) is 6.37. The Labute approximate surface area is 98.8 Å². The van der Waals surface area contributed by atoms with Gasteiger partial charge in [-0.3, -0.25) is 4.68 Å². The lowest BCUT2D eigenvalue weighted by Crippen LogP contribution is -2.16. The quantitative estimate of drug-likeness (QED) is 0.609. The van der Waals surface area contributed by atoms with Gasteiger partial charge < -0.3 is 14.9 Å². The maximum absolute atomic E-state index is 11.3. The van der Waals surface area contributed by atoms with Gasteiger partial charge in [0, 0.05) is 18.5 Å². The molecule has 6 nitrogen and oxygen atoms in total. The van der Waals surface area contributed by atoms with Crippen molar-refractivity contribution < 1.29 is 19.1 Å². The number of hydrogen-bond donors (Lipinski definition) is 1. The van der Waals surface area contributed by atoms with Crippen LogP contribution in [0.4, 0.5) is 0 Å². The van der Waals surface area contributed by atoms with E-state index in [0.717, 1.165) is 0 Å². The lowest BCUT2D eigenvalue weighted by molar-refractivity contribution is -0.137. The number of carbonyl (C=O) groups excluding carboxylic acids is 2. The van der Waals surface area contributed by atoms with Crippen LogP contribution in [0.3, 0.4) is 0 Å². The lowest BCUT2D eigenvalue weighted by atomic mass is 10.4. The Bertz CT molecular complexity index is 423. The van der Waals surface area contributed by atoms with Crippen LogP contribution >= 0.6 is 0 Å². The van der Waals surface area contributed by atoms with Crippen LogP contribution in [-0.4, -0.2) is 30.3 Å². The molecule has 0 aliphatic rings. The van der Waals surface area contributed by atoms with Crippen molar-refractivity contribution in [3.05, 3.63) is 36.3 Å². The smallest absolute Gasteiger partial charge is 0.356 e. The minimum atomic E-state index is -0.466. The predicted octanol–water partition coefficient (Wildman–Crippen LogP) is 0.895. The first-order valence-electron chi connectivity index (χ1n) is 5.04. The first-order valence-corrected chi connectivity index (χ1v) is 5.04. The highest BCUT2D eigenvalue weighted by atomic mass is 16.5. The van der Waals surface area contributed by atoms with Crippen molar-refractivity contribution in [2.45, 2.75) is 6.92 Å². The molecule has 1 N–H and O–H groups in total. The normalized spacial score (nSPS) is 10.2. The number of rotatable bonds is 5. The molecule has 1 heterocycles. The molecule has 0 fully saturated rings. The standard InChI is InChI=1S/C11H14N2O4/c1-3-17-10(14)6-7-12-13-8-4-5-9(13)11(15)16-2/h4-8,12H,3H2,1-2H3/b7-6+. The maximum Gasteiger partial charge on any atom is 0.356 e. The van der Waals surface area contributed by atoms with Gasteiger partial charge in [-0.1, -0.05) is 0 Å². The molecule has 0 amide bonds. The Hall–Kier alpha value is -2.24. The first kappa shape index (κ1) is 12.8. The van der Waals surface area contributed by atoms with Crippen LogP contribution < -0.4 is 5.43 Å². The second-order valence-electron chi connectivity index (χ2n) is 2.97. The fraction of sp³-hybridized carbons (Fsp3) is 0.273. The number of carbonyl (C=O) groups is 2. The average Bonchev–Trinajstić information content (AvgIpc) is 2.77. The average molecular weight is 238 g/mol. The fourth-order valence-electron chi connectivity index (χ4n) is 1.14. The van der Waals surface area contributed by atoms with Crippen molar-refractivity contribution in [1.82, 2.24) is 4.68 Å². The Balaban J connectivity index is 2.61. The molecule has 0 aliphatic carbocycles. The Morgan fingerprint density at radius 2 is 2.29 bits per heavy atom. The van der Waals surface area contributed by atoms with E-state index in [1.54, 1.807) is 25.3 Å². The van der Waals surface area contributed by atoms with Gasteiger partial charge in [-0.2, -0.15) is 0 Å². The summed E-state index contributed by atoms with van der Waals surface area (Å²) >= 11 is 0. The molecule has 0 aliphatic heterocycles. The minimum absolute atomic E-state index is 0.320. The summed E-state index contributed by atoms with van der Waals surface area (Å²) in [5, 5.41) is 0. The highest BCUT2D eigenvalue weighted by Gasteiger charge is 2.09. The fourth-order valence-corrected chi connectivity index (χ4v) is 1.14. The highest BCUT2D eigenvalue weighted by molar-refractivity contribution is 5.87. The molecule has 0 saturated carbocycles. The molecule has 0 radical (unpaired) electrons. The van der Waals surface area contributed by atoms with Gasteiger partial charge in [-0.25, -0.2) is 9.59 Å². The molecule has 92 valence electrons. The molecule has 0 saturated heterocycles. The van der Waals surface area contributed by atoms with Gasteiger partial charge in [0.2, 0.25) is 0 Å². The van der Waals surface area contributed by atoms with E-state index in [2.05, 4.69) is 10.2 Å². The zero-order chi connectivity index (χ0) is 12.7. The van der Waals surface area contributed by atoms with Crippen molar-refractivity contribution in [2.24, 2.45) is 0 Å². The summed E-state index contributed by atoms with van der Waals surface area (Å²) in [7, 11) is 1.30. The molecule has 0 aromatic carbocycles. The Kier molecular flexibility index (Phi) is 4.80. The van der Waals surface area contributed by atoms with Crippen LogP contribution in [0, 0.1) is 0 Å². The SMILES string of the molecule is CCOC(=O)/C=C/Nn1cccc1C(=O)OC. The third kappa shape index (κ3) is 3.67. The molecular weight excluding hydrogens is 224 g/mol. The predicted molar refractivity (Wildman–Crippen MR) is 60.9 cm³/mol. The van der Waals surface area contributed by atoms with Crippen molar-refractivity contribution >= 4 is 11.9 Å². The first-order chi connectivity index (χ1) is 8.19. The van der Waals surface area contributed by atoms with E-state index < -0.39 is 11.9 Å². The molecular formula is C11H14N2O4. The summed E-state index contributed by atoms with van der Waals surface area (Å²) in [5.74, 6) is -0.918. The molecule has 0 bridgehead atoms. The number of esters is 2. The summed E-state index contributed by atoms with van der Waals surface area (Å²) in [4.78, 5) is 22.3. The minimum Gasteiger partial charge on any atom is -0.464 e. The summed E-state index contributed by atoms with van der Waals surface area (Å²) < 4.78 is 10.7. The van der Waals surface area contributed by atoms with Gasteiger partial charge in [0.25, 0.3) is 0 Å². The Morgan fingerprint density at radius 3 is 2.94 bits per heavy atom. The van der Waals surface area contributed by atoms with Crippen LogP contribution in [0.2, 0.25) is 0 Å². The monoisotopic (exact) mass is 238 g/mol. The summed E-state index contributed by atoms with van der Waals surface area (Å²) in [6, 6.07) is 3.27. The number of methoxy groups -OCH3 is 1. The zero-order valence-corrected chi connectivity index (χ0v) is 9.67. The van der Waals surface area contributed by atoms with Gasteiger partial charge in [0.15, 0.2) is 0 Å². The van der Waals surface area contributed by atoms with Crippen LogP contribution in [0.15, 0.2) is 30.6 Å². The van der Waals surface area contributed by atoms with E-state index in [1.807, 2.05) is 0 Å². The van der Waals surface area contributed by atoms with Gasteiger partial charge >= 0.3 is 11.9 Å². The third-order valence-electron chi connectivity index (χ3n) is 1.86. The number of aromatic nitrogens is 1. The van der Waals surface area contributed by atoms with E-state index in [1.165, 1.54) is 24.1 Å². The topological polar surface area (TPSA) is 69.6 Å². The molecule has 1 aromatic heterocycles. The summed E-state index contributed by atoms with van der Waals surface area (Å²) in [6.45, 7) is 2.04. The molecule has 0 atom stereocenters. The van der Waals surface area contributed by atoms with E-state index in [-0.39, 0.29) is 0 Å². The van der Waals surface area contributed by atoms with E-state index >= 15 is 0 Å². The molecule has 0 spiro atoms. The molecule has 6 heteroatoms. The van der Waals surface area contributed by atoms with Crippen molar-refractivity contribution in [3.8, 4) is 0 Å². The van der Waals surface area contributed by atoms with Crippen LogP contribution in [0.5, 0.6) is 0 Å². The van der Waals surface area contributed by atoms with Crippen molar-refractivity contribution in [1.29, 1.82) is 0 Å². The largest absolute Gasteiger partial charge is 0.464 e. The molecule has 0 unspecified atom stereocenters. The molecule has 17 heavy (non-hydrogen) atoms. The van der Waals surface area contributed by atoms with Crippen LogP contribution in [0.25, 0.3) is 0 Å². The van der Waals surface area contributed by atoms with E-state index in [4.69, 9.17) is 4.74 Å². The van der Waals surface area contributed by atoms with Gasteiger partial charge in [-0.15, -0.1) is 0 Å². The van der Waals surface area contributed by atoms with Gasteiger partial charge in [-0.05, 0) is 19.1 Å². The Morgan fingerprint density at radius 1 is 1.53 bits per heavy atom. The second-order valence-corrected chi connectivity index (χ2v) is 2.97. The lowest BCUT2D eigenvalue weighted by Gasteiger charge is -2.06. The number of ether oxygens (including phenoxy) is 2. The maximum atomic E-state index is 11.3. The zero-order valence-electron chi connectivity index (χ0n) is 9.67. The highest BCUT2D eigenvalue weighted by Crippen LogP contribution is 2.01. The van der Waals surface area contributed by atoms with Crippen LogP contribution in [-0.2, 0) is 14.3 Å². The van der Waals surface area contributed by atoms with Crippen LogP contribution in [0.1, 0.15) is 17.4 Å². The van der Waals surface area contributed by atoms with E-state index in [0.29, 0.717) is 12.3 Å². The number of nitrogens with one attached hydrogen (secondary N) is 1. The summed E-state index contributed by atoms with van der Waals surface area (Å²) in [6.07, 6.45) is 4.23. The van der Waals surface area contributed by atoms with E-state index in [9.17, 15) is 9.59 Å². The summed E-state index contributed by atoms with van der Waals surface area (Å²) in [5.41, 5.74) is 3.07. The van der Waals surface area contributed by atoms with Gasteiger partial charge in [0.05, 0.1) is 13.7 Å². The third-order valence-corrected chi connectivity index (χ3v) is 1.86. The van der Waals surface area contributed by atoms with Crippen molar-refractivity contribution in [3.63, 3.8) is 0 Å². The molecule has 1 rings (SSSR count). The number of hydrogen-bond acceptors (Lipinski definition) is 5.